The van der Waals surface area contributed by atoms with Gasteiger partial charge in [-0.2, -0.15) is 0 Å². The average molecular weight is 335 g/mol. The Labute approximate surface area is 143 Å². The molecule has 7 heteroatoms. The number of fused-ring (bicyclic) bond motifs is 2. The molecule has 1 saturated heterocycles. The first kappa shape index (κ1) is 14.4. The topological polar surface area (TPSA) is 83.9 Å². The van der Waals surface area contributed by atoms with Crippen molar-refractivity contribution in [3.63, 3.8) is 0 Å². The number of aromatic amines is 1. The lowest BCUT2D eigenvalue weighted by molar-refractivity contribution is 0.0595. The van der Waals surface area contributed by atoms with Crippen LogP contribution in [0.2, 0.25) is 0 Å². The van der Waals surface area contributed by atoms with Crippen LogP contribution < -0.4 is 5.56 Å². The number of aromatic nitrogens is 4. The first-order valence-electron chi connectivity index (χ1n) is 8.53. The molecule has 1 fully saturated rings. The number of rotatable bonds is 2. The van der Waals surface area contributed by atoms with E-state index in [1.54, 1.807) is 40.1 Å². The van der Waals surface area contributed by atoms with Crippen LogP contribution in [0.25, 0.3) is 10.9 Å². The van der Waals surface area contributed by atoms with Gasteiger partial charge in [-0.05, 0) is 24.6 Å². The van der Waals surface area contributed by atoms with Crippen molar-refractivity contribution in [2.45, 2.75) is 25.3 Å². The summed E-state index contributed by atoms with van der Waals surface area (Å²) in [5, 5.41) is 0.583. The van der Waals surface area contributed by atoms with Gasteiger partial charge in [0.1, 0.15) is 11.6 Å². The molecule has 0 saturated carbocycles. The van der Waals surface area contributed by atoms with Gasteiger partial charge in [-0.25, -0.2) is 9.97 Å². The molecule has 25 heavy (non-hydrogen) atoms. The van der Waals surface area contributed by atoms with Crippen LogP contribution >= 0.6 is 0 Å². The van der Waals surface area contributed by atoms with Crippen molar-refractivity contribution < 1.29 is 4.79 Å². The number of likely N-dealkylation sites (tertiary alicyclic amines) is 1. The van der Waals surface area contributed by atoms with E-state index in [0.717, 1.165) is 31.0 Å². The molecule has 2 aliphatic rings. The fraction of sp³-hybridized carbons (Fsp3) is 0.333. The second kappa shape index (κ2) is 5.27. The molecule has 7 nitrogen and oxygen atoms in total. The Kier molecular flexibility index (Phi) is 3.03. The molecule has 0 atom stereocenters. The maximum Gasteiger partial charge on any atom is 0.261 e. The van der Waals surface area contributed by atoms with Crippen molar-refractivity contribution in [1.29, 1.82) is 0 Å². The summed E-state index contributed by atoms with van der Waals surface area (Å²) < 4.78 is 1.74. The van der Waals surface area contributed by atoms with Crippen LogP contribution in [0.3, 0.4) is 0 Å². The van der Waals surface area contributed by atoms with E-state index >= 15 is 0 Å². The van der Waals surface area contributed by atoms with Gasteiger partial charge in [0.15, 0.2) is 0 Å². The lowest BCUT2D eigenvalue weighted by atomic mass is 9.98. The van der Waals surface area contributed by atoms with Crippen molar-refractivity contribution in [1.82, 2.24) is 24.4 Å². The number of nitrogens with one attached hydrogen (secondary N) is 1. The predicted molar refractivity (Wildman–Crippen MR) is 91.6 cm³/mol. The highest BCUT2D eigenvalue weighted by atomic mass is 16.2. The van der Waals surface area contributed by atoms with E-state index in [9.17, 15) is 9.59 Å². The molecule has 3 aromatic rings. The van der Waals surface area contributed by atoms with Crippen LogP contribution in [0.1, 0.15) is 34.3 Å². The summed E-state index contributed by atoms with van der Waals surface area (Å²) in [4.78, 5) is 38.9. The van der Waals surface area contributed by atoms with Gasteiger partial charge in [0.2, 0.25) is 0 Å². The zero-order valence-corrected chi connectivity index (χ0v) is 13.6. The van der Waals surface area contributed by atoms with E-state index in [2.05, 4.69) is 15.0 Å². The fourth-order valence-electron chi connectivity index (χ4n) is 3.72. The highest BCUT2D eigenvalue weighted by Crippen LogP contribution is 2.26. The Hall–Kier alpha value is -2.96. The van der Waals surface area contributed by atoms with Crippen LogP contribution in [0, 0.1) is 0 Å². The maximum atomic E-state index is 12.7. The van der Waals surface area contributed by atoms with Gasteiger partial charge in [0.05, 0.1) is 16.8 Å². The van der Waals surface area contributed by atoms with Crippen LogP contribution in [0.5, 0.6) is 0 Å². The van der Waals surface area contributed by atoms with Crippen LogP contribution in [0.4, 0.5) is 0 Å². The molecule has 0 spiro atoms. The minimum atomic E-state index is -0.0212. The maximum absolute atomic E-state index is 12.7. The van der Waals surface area contributed by atoms with Gasteiger partial charge in [0.25, 0.3) is 11.5 Å². The molecule has 1 aromatic carbocycles. The number of carbonyl (C=O) groups is 1. The highest BCUT2D eigenvalue weighted by molar-refractivity contribution is 5.98. The van der Waals surface area contributed by atoms with E-state index in [0.29, 0.717) is 29.6 Å². The standard InChI is InChI=1S/C18H17N5O2/c24-17(22-9-12(10-22)16-19-5-6-20-16)11-3-4-13-14(8-11)21-15-2-1-7-23(15)18(13)25/h3-6,8,12H,1-2,7,9-10H2,(H,19,20). The number of benzene rings is 1. The van der Waals surface area contributed by atoms with E-state index in [1.807, 2.05) is 0 Å². The highest BCUT2D eigenvalue weighted by Gasteiger charge is 2.33. The lowest BCUT2D eigenvalue weighted by Crippen LogP contribution is -2.48. The van der Waals surface area contributed by atoms with Gasteiger partial charge >= 0.3 is 0 Å². The molecular weight excluding hydrogens is 318 g/mol. The van der Waals surface area contributed by atoms with Crippen LogP contribution in [-0.4, -0.2) is 43.4 Å². The van der Waals surface area contributed by atoms with Crippen molar-refractivity contribution in [2.75, 3.05) is 13.1 Å². The second-order valence-corrected chi connectivity index (χ2v) is 6.70. The number of aryl methyl sites for hydroxylation is 1. The summed E-state index contributed by atoms with van der Waals surface area (Å²) in [5.74, 6) is 1.99. The average Bonchev–Trinajstić information content (AvgIpc) is 3.24. The third-order valence-corrected chi connectivity index (χ3v) is 5.14. The Morgan fingerprint density at radius 2 is 2.16 bits per heavy atom. The summed E-state index contributed by atoms with van der Waals surface area (Å²) in [6.07, 6.45) is 5.30. The van der Waals surface area contributed by atoms with Crippen LogP contribution in [0.15, 0.2) is 35.4 Å². The third-order valence-electron chi connectivity index (χ3n) is 5.14. The molecule has 126 valence electrons. The lowest BCUT2D eigenvalue weighted by Gasteiger charge is -2.38. The van der Waals surface area contributed by atoms with E-state index < -0.39 is 0 Å². The summed E-state index contributed by atoms with van der Waals surface area (Å²) >= 11 is 0. The number of imidazole rings is 1. The third kappa shape index (κ3) is 2.19. The van der Waals surface area contributed by atoms with Crippen molar-refractivity contribution in [3.8, 4) is 0 Å². The first-order valence-corrected chi connectivity index (χ1v) is 8.53. The summed E-state index contributed by atoms with van der Waals surface area (Å²) in [6, 6.07) is 5.21. The molecular formula is C18H17N5O2. The van der Waals surface area contributed by atoms with Crippen molar-refractivity contribution >= 4 is 16.8 Å². The Balaban J connectivity index is 1.43. The number of nitrogens with zero attached hydrogens (tertiary/aromatic N) is 4. The van der Waals surface area contributed by atoms with Gasteiger partial charge in [-0.3, -0.25) is 14.2 Å². The molecule has 2 aliphatic heterocycles. The normalized spacial score (nSPS) is 16.9. The minimum absolute atomic E-state index is 0.00154. The van der Waals surface area contributed by atoms with Crippen LogP contribution in [-0.2, 0) is 13.0 Å². The molecule has 0 bridgehead atoms. The number of hydrogen-bond acceptors (Lipinski definition) is 4. The van der Waals surface area contributed by atoms with E-state index in [1.165, 1.54) is 0 Å². The van der Waals surface area contributed by atoms with E-state index in [4.69, 9.17) is 0 Å². The molecule has 4 heterocycles. The van der Waals surface area contributed by atoms with Gasteiger partial charge < -0.3 is 9.88 Å². The zero-order chi connectivity index (χ0) is 17.0. The molecule has 5 rings (SSSR count). The second-order valence-electron chi connectivity index (χ2n) is 6.70. The molecule has 0 unspecified atom stereocenters. The summed E-state index contributed by atoms with van der Waals surface area (Å²) in [7, 11) is 0. The number of H-pyrrole nitrogens is 1. The Morgan fingerprint density at radius 1 is 1.28 bits per heavy atom. The Morgan fingerprint density at radius 3 is 2.96 bits per heavy atom. The quantitative estimate of drug-likeness (QED) is 0.765. The predicted octanol–water partition coefficient (Wildman–Crippen LogP) is 1.31. The summed E-state index contributed by atoms with van der Waals surface area (Å²) in [6.45, 7) is 2.05. The Bertz CT molecular complexity index is 1030. The smallest absolute Gasteiger partial charge is 0.261 e. The number of carbonyl (C=O) groups excluding carboxylic acids is 1. The molecule has 1 N–H and O–H groups in total. The monoisotopic (exact) mass is 335 g/mol. The molecule has 0 radical (unpaired) electrons. The molecule has 2 aromatic heterocycles. The van der Waals surface area contributed by atoms with Crippen molar-refractivity contribution in [2.24, 2.45) is 0 Å². The van der Waals surface area contributed by atoms with E-state index in [-0.39, 0.29) is 17.4 Å². The number of hydrogen-bond donors (Lipinski definition) is 1. The van der Waals surface area contributed by atoms with Crippen molar-refractivity contribution in [3.05, 3.63) is 58.2 Å². The van der Waals surface area contributed by atoms with Gasteiger partial charge in [0, 0.05) is 44.0 Å². The van der Waals surface area contributed by atoms with Gasteiger partial charge in [-0.1, -0.05) is 0 Å². The largest absolute Gasteiger partial charge is 0.348 e. The molecule has 1 amide bonds. The van der Waals surface area contributed by atoms with Gasteiger partial charge in [-0.15, -0.1) is 0 Å². The SMILES string of the molecule is O=C(c1ccc2c(=O)n3c(nc2c1)CCC3)N1CC(c2ncc[nH]2)C1. The summed E-state index contributed by atoms with van der Waals surface area (Å²) in [5.41, 5.74) is 1.20. The minimum Gasteiger partial charge on any atom is -0.348 e. The zero-order valence-electron chi connectivity index (χ0n) is 13.6. The first-order chi connectivity index (χ1) is 12.2. The number of amides is 1. The fourth-order valence-corrected chi connectivity index (χ4v) is 3.72. The molecule has 0 aliphatic carbocycles.